The predicted molar refractivity (Wildman–Crippen MR) is 75.2 cm³/mol. The van der Waals surface area contributed by atoms with Crippen molar-refractivity contribution < 1.29 is 9.47 Å². The smallest absolute Gasteiger partial charge is 0.183 e. The molecule has 0 amide bonds. The minimum atomic E-state index is 0.613. The molecule has 1 aliphatic heterocycles. The average Bonchev–Trinajstić information content (AvgIpc) is 3.14. The lowest BCUT2D eigenvalue weighted by Gasteiger charge is -2.18. The Hall–Kier alpha value is -1.75. The van der Waals surface area contributed by atoms with Crippen LogP contribution in [0.5, 0.6) is 11.5 Å². The molecule has 2 aromatic rings. The van der Waals surface area contributed by atoms with E-state index in [0.29, 0.717) is 19.3 Å². The third kappa shape index (κ3) is 2.26. The Bertz CT molecular complexity index is 607. The van der Waals surface area contributed by atoms with Gasteiger partial charge in [0, 0.05) is 17.0 Å². The maximum Gasteiger partial charge on any atom is 0.183 e. The topological polar surface area (TPSA) is 43.4 Å². The van der Waals surface area contributed by atoms with Gasteiger partial charge in [-0.2, -0.15) is 0 Å². The van der Waals surface area contributed by atoms with Gasteiger partial charge in [-0.15, -0.1) is 11.3 Å². The predicted octanol–water partition coefficient (Wildman–Crippen LogP) is 3.16. The first-order valence-electron chi connectivity index (χ1n) is 6.50. The van der Waals surface area contributed by atoms with E-state index in [1.165, 1.54) is 12.8 Å². The van der Waals surface area contributed by atoms with Gasteiger partial charge < -0.3 is 14.8 Å². The standard InChI is InChI=1S/C14H14N2O2S/c1-4-12-13(18-6-5-17-12)7-9(1)11-8-19-14(16-11)15-10-2-3-10/h1,4,7-8,10H,2-3,5-6H2,(H,15,16). The summed E-state index contributed by atoms with van der Waals surface area (Å²) in [5.41, 5.74) is 2.06. The van der Waals surface area contributed by atoms with Gasteiger partial charge in [0.2, 0.25) is 0 Å². The molecule has 2 aliphatic rings. The lowest BCUT2D eigenvalue weighted by atomic mass is 10.1. The summed E-state index contributed by atoms with van der Waals surface area (Å²) in [6.07, 6.45) is 2.53. The van der Waals surface area contributed by atoms with E-state index in [0.717, 1.165) is 27.9 Å². The van der Waals surface area contributed by atoms with Gasteiger partial charge >= 0.3 is 0 Å². The third-order valence-electron chi connectivity index (χ3n) is 3.25. The third-order valence-corrected chi connectivity index (χ3v) is 4.02. The molecule has 4 nitrogen and oxygen atoms in total. The first kappa shape index (κ1) is 11.1. The van der Waals surface area contributed by atoms with Gasteiger partial charge in [-0.25, -0.2) is 4.98 Å². The summed E-state index contributed by atoms with van der Waals surface area (Å²) in [5, 5.41) is 6.51. The molecule has 1 aliphatic carbocycles. The van der Waals surface area contributed by atoms with E-state index >= 15 is 0 Å². The number of anilines is 1. The second kappa shape index (κ2) is 4.42. The number of nitrogens with zero attached hydrogens (tertiary/aromatic N) is 1. The largest absolute Gasteiger partial charge is 0.486 e. The van der Waals surface area contributed by atoms with Crippen molar-refractivity contribution >= 4 is 16.5 Å². The van der Waals surface area contributed by atoms with Crippen LogP contribution in [0.4, 0.5) is 5.13 Å². The summed E-state index contributed by atoms with van der Waals surface area (Å²) in [4.78, 5) is 4.62. The van der Waals surface area contributed by atoms with Crippen molar-refractivity contribution in [1.82, 2.24) is 4.98 Å². The van der Waals surface area contributed by atoms with E-state index in [-0.39, 0.29) is 0 Å². The SMILES string of the molecule is c1cc2c(cc1-c1csc(NC3CC3)n1)OCCO2. The maximum absolute atomic E-state index is 5.60. The van der Waals surface area contributed by atoms with Crippen LogP contribution in [0.1, 0.15) is 12.8 Å². The average molecular weight is 274 g/mol. The number of thiazole rings is 1. The molecule has 0 radical (unpaired) electrons. The van der Waals surface area contributed by atoms with Crippen LogP contribution in [0.15, 0.2) is 23.6 Å². The lowest BCUT2D eigenvalue weighted by Crippen LogP contribution is -2.15. The zero-order valence-corrected chi connectivity index (χ0v) is 11.2. The zero-order valence-electron chi connectivity index (χ0n) is 10.4. The van der Waals surface area contributed by atoms with Crippen LogP contribution in [0.2, 0.25) is 0 Å². The van der Waals surface area contributed by atoms with Crippen LogP contribution in [0.25, 0.3) is 11.3 Å². The number of rotatable bonds is 3. The lowest BCUT2D eigenvalue weighted by molar-refractivity contribution is 0.171. The number of benzene rings is 1. The van der Waals surface area contributed by atoms with Crippen LogP contribution in [0.3, 0.4) is 0 Å². The van der Waals surface area contributed by atoms with Gasteiger partial charge in [0.25, 0.3) is 0 Å². The Morgan fingerprint density at radius 2 is 2.00 bits per heavy atom. The summed E-state index contributed by atoms with van der Waals surface area (Å²) in [5.74, 6) is 1.63. The molecular formula is C14H14N2O2S. The molecular weight excluding hydrogens is 260 g/mol. The molecule has 1 aromatic carbocycles. The van der Waals surface area contributed by atoms with Crippen LogP contribution in [-0.2, 0) is 0 Å². The van der Waals surface area contributed by atoms with Crippen LogP contribution in [0, 0.1) is 0 Å². The number of hydrogen-bond donors (Lipinski definition) is 1. The second-order valence-corrected chi connectivity index (χ2v) is 5.67. The molecule has 0 spiro atoms. The number of nitrogens with one attached hydrogen (secondary N) is 1. The van der Waals surface area contributed by atoms with Gasteiger partial charge in [-0.1, -0.05) is 0 Å². The molecule has 5 heteroatoms. The normalized spacial score (nSPS) is 17.3. The monoisotopic (exact) mass is 274 g/mol. The molecule has 0 bridgehead atoms. The Balaban J connectivity index is 1.61. The van der Waals surface area contributed by atoms with Gasteiger partial charge in [-0.3, -0.25) is 0 Å². The molecule has 0 atom stereocenters. The fourth-order valence-electron chi connectivity index (χ4n) is 2.08. The maximum atomic E-state index is 5.60. The highest BCUT2D eigenvalue weighted by Crippen LogP contribution is 2.36. The van der Waals surface area contributed by atoms with Gasteiger partial charge in [0.05, 0.1) is 5.69 Å². The van der Waals surface area contributed by atoms with Crippen LogP contribution in [-0.4, -0.2) is 24.2 Å². The highest BCUT2D eigenvalue weighted by molar-refractivity contribution is 7.14. The van der Waals surface area contributed by atoms with Crippen molar-refractivity contribution in [1.29, 1.82) is 0 Å². The van der Waals surface area contributed by atoms with Crippen LogP contribution >= 0.6 is 11.3 Å². The van der Waals surface area contributed by atoms with E-state index in [2.05, 4.69) is 15.7 Å². The molecule has 98 valence electrons. The van der Waals surface area contributed by atoms with E-state index in [1.807, 2.05) is 18.2 Å². The highest BCUT2D eigenvalue weighted by atomic mass is 32.1. The van der Waals surface area contributed by atoms with Gasteiger partial charge in [0.15, 0.2) is 16.6 Å². The molecule has 0 unspecified atom stereocenters. The quantitative estimate of drug-likeness (QED) is 0.933. The zero-order chi connectivity index (χ0) is 12.7. The Morgan fingerprint density at radius 1 is 1.16 bits per heavy atom. The fraction of sp³-hybridized carbons (Fsp3) is 0.357. The summed E-state index contributed by atoms with van der Waals surface area (Å²) in [6.45, 7) is 1.24. The molecule has 0 saturated heterocycles. The first-order valence-corrected chi connectivity index (χ1v) is 7.38. The minimum absolute atomic E-state index is 0.613. The van der Waals surface area contributed by atoms with Gasteiger partial charge in [0.1, 0.15) is 13.2 Å². The molecule has 1 aromatic heterocycles. The van der Waals surface area contributed by atoms with E-state index in [4.69, 9.17) is 9.47 Å². The highest BCUT2D eigenvalue weighted by Gasteiger charge is 2.22. The van der Waals surface area contributed by atoms with Crippen molar-refractivity contribution in [3.8, 4) is 22.8 Å². The number of ether oxygens (including phenoxy) is 2. The molecule has 4 rings (SSSR count). The van der Waals surface area contributed by atoms with Crippen LogP contribution < -0.4 is 14.8 Å². The Kier molecular flexibility index (Phi) is 2.58. The van der Waals surface area contributed by atoms with E-state index < -0.39 is 0 Å². The summed E-state index contributed by atoms with van der Waals surface area (Å²) >= 11 is 1.66. The fourth-order valence-corrected chi connectivity index (χ4v) is 2.88. The van der Waals surface area contributed by atoms with Crippen molar-refractivity contribution in [2.45, 2.75) is 18.9 Å². The van der Waals surface area contributed by atoms with E-state index in [9.17, 15) is 0 Å². The summed E-state index contributed by atoms with van der Waals surface area (Å²) in [7, 11) is 0. The second-order valence-electron chi connectivity index (χ2n) is 4.81. The van der Waals surface area contributed by atoms with Crippen molar-refractivity contribution in [2.24, 2.45) is 0 Å². The van der Waals surface area contributed by atoms with Crippen molar-refractivity contribution in [3.63, 3.8) is 0 Å². The summed E-state index contributed by atoms with van der Waals surface area (Å²) in [6, 6.07) is 6.63. The first-order chi connectivity index (χ1) is 9.38. The minimum Gasteiger partial charge on any atom is -0.486 e. The van der Waals surface area contributed by atoms with Crippen molar-refractivity contribution in [2.75, 3.05) is 18.5 Å². The number of aromatic nitrogens is 1. The Labute approximate surface area is 115 Å². The Morgan fingerprint density at radius 3 is 2.84 bits per heavy atom. The molecule has 1 saturated carbocycles. The molecule has 2 heterocycles. The molecule has 1 N–H and O–H groups in total. The van der Waals surface area contributed by atoms with Gasteiger partial charge in [-0.05, 0) is 31.0 Å². The van der Waals surface area contributed by atoms with E-state index in [1.54, 1.807) is 11.3 Å². The number of fused-ring (bicyclic) bond motifs is 1. The number of hydrogen-bond acceptors (Lipinski definition) is 5. The molecule has 19 heavy (non-hydrogen) atoms. The van der Waals surface area contributed by atoms with Crippen molar-refractivity contribution in [3.05, 3.63) is 23.6 Å². The summed E-state index contributed by atoms with van der Waals surface area (Å²) < 4.78 is 11.1. The molecule has 1 fully saturated rings.